The Kier molecular flexibility index (Phi) is 6.56. The van der Waals surface area contributed by atoms with Gasteiger partial charge >= 0.3 is 6.30 Å². The predicted molar refractivity (Wildman–Crippen MR) is 138 cm³/mol. The highest BCUT2D eigenvalue weighted by Gasteiger charge is 2.48. The maximum absolute atomic E-state index is 15.0. The molecule has 4 heterocycles. The fraction of sp³-hybridized carbons (Fsp3) is 0.296. The third-order valence-electron chi connectivity index (χ3n) is 6.85. The molecule has 2 N–H and O–H groups in total. The topological polar surface area (TPSA) is 106 Å². The average Bonchev–Trinajstić information content (AvgIpc) is 3.59. The molecule has 5 atom stereocenters. The number of hydrogen-bond acceptors (Lipinski definition) is 7. The smallest absolute Gasteiger partial charge is 0.470 e. The van der Waals surface area contributed by atoms with Gasteiger partial charge < -0.3 is 24.3 Å². The number of aliphatic hydroxyl groups excluding tert-OH is 1. The number of nitrogens with one attached hydrogen (secondary N) is 1. The Balaban J connectivity index is 1.21. The highest BCUT2D eigenvalue weighted by atomic mass is 32.2. The van der Waals surface area contributed by atoms with Crippen LogP contribution in [0.3, 0.4) is 0 Å². The molecule has 13 heteroatoms. The van der Waals surface area contributed by atoms with E-state index in [0.717, 1.165) is 11.8 Å². The first-order valence-electron chi connectivity index (χ1n) is 12.2. The second-order valence-electron chi connectivity index (χ2n) is 9.67. The lowest BCUT2D eigenvalue weighted by Gasteiger charge is -2.16. The summed E-state index contributed by atoms with van der Waals surface area (Å²) in [4.78, 5) is 7.44. The number of benzene rings is 2. The van der Waals surface area contributed by atoms with E-state index in [9.17, 15) is 22.5 Å². The first kappa shape index (κ1) is 26.7. The van der Waals surface area contributed by atoms with E-state index < -0.39 is 46.3 Å². The first-order chi connectivity index (χ1) is 19.0. The van der Waals surface area contributed by atoms with Crippen LogP contribution < -0.4 is 4.74 Å². The van der Waals surface area contributed by atoms with E-state index in [-0.39, 0.29) is 23.8 Å². The fourth-order valence-corrected chi connectivity index (χ4v) is 6.09. The van der Waals surface area contributed by atoms with E-state index >= 15 is 4.39 Å². The van der Waals surface area contributed by atoms with Crippen LogP contribution in [0.25, 0.3) is 33.4 Å². The van der Waals surface area contributed by atoms with Crippen molar-refractivity contribution in [3.05, 3.63) is 66.5 Å². The van der Waals surface area contributed by atoms with E-state index in [4.69, 9.17) is 14.2 Å². The molecule has 2 aliphatic rings. The number of fused-ring (bicyclic) bond motifs is 2. The summed E-state index contributed by atoms with van der Waals surface area (Å²) < 4.78 is 84.8. The van der Waals surface area contributed by atoms with Crippen molar-refractivity contribution in [3.8, 4) is 28.3 Å². The maximum Gasteiger partial charge on any atom is 0.511 e. The summed E-state index contributed by atoms with van der Waals surface area (Å²) in [7, 11) is -3.63. The lowest BCUT2D eigenvalue weighted by Crippen LogP contribution is -2.34. The maximum atomic E-state index is 15.0. The Morgan fingerprint density at radius 3 is 2.30 bits per heavy atom. The van der Waals surface area contributed by atoms with Gasteiger partial charge in [-0.15, -0.1) is 17.5 Å². The third kappa shape index (κ3) is 5.17. The molecular formula is C27H23F4N3O5S. The molecule has 2 aromatic heterocycles. The minimum absolute atomic E-state index is 0.0340. The Hall–Kier alpha value is -3.52. The highest BCUT2D eigenvalue weighted by molar-refractivity contribution is 7.93. The van der Waals surface area contributed by atoms with E-state index in [1.54, 1.807) is 42.5 Å². The molecule has 210 valence electrons. The number of ether oxygens (including phenoxy) is 3. The quantitative estimate of drug-likeness (QED) is 0.258. The molecule has 2 aromatic carbocycles. The molecule has 40 heavy (non-hydrogen) atoms. The van der Waals surface area contributed by atoms with Gasteiger partial charge in [0.25, 0.3) is 0 Å². The van der Waals surface area contributed by atoms with Gasteiger partial charge in [0.2, 0.25) is 0 Å². The number of aromatic amines is 1. The number of halogens is 4. The number of aromatic nitrogens is 2. The monoisotopic (exact) mass is 577 g/mol. The van der Waals surface area contributed by atoms with Crippen molar-refractivity contribution in [1.82, 2.24) is 9.97 Å². The molecule has 2 aliphatic heterocycles. The molecule has 0 spiro atoms. The van der Waals surface area contributed by atoms with Crippen LogP contribution in [0, 0.1) is 5.82 Å². The SMILES string of the molecule is CS(=O)(=NC(F)(F)F)c1ccc(-c2ccc(-c3nc4cc(O[C@@H]5CO[C@H]6[C@@H]5OC[C@H]6O)[nH]c4cc3F)cc2)cc1. The third-order valence-corrected chi connectivity index (χ3v) is 8.55. The van der Waals surface area contributed by atoms with Crippen molar-refractivity contribution in [3.63, 3.8) is 0 Å². The van der Waals surface area contributed by atoms with E-state index in [0.29, 0.717) is 28.0 Å². The predicted octanol–water partition coefficient (Wildman–Crippen LogP) is 4.92. The van der Waals surface area contributed by atoms with Gasteiger partial charge in [0.1, 0.15) is 24.0 Å². The molecule has 2 fully saturated rings. The summed E-state index contributed by atoms with van der Waals surface area (Å²) in [5, 5.41) is 9.91. The molecule has 2 saturated heterocycles. The number of rotatable bonds is 5. The Morgan fingerprint density at radius 1 is 1.00 bits per heavy atom. The summed E-state index contributed by atoms with van der Waals surface area (Å²) in [5.41, 5.74) is 2.98. The highest BCUT2D eigenvalue weighted by Crippen LogP contribution is 2.33. The average molecular weight is 578 g/mol. The zero-order chi connectivity index (χ0) is 28.2. The Morgan fingerprint density at radius 2 is 1.62 bits per heavy atom. The zero-order valence-corrected chi connectivity index (χ0v) is 21.7. The molecule has 0 radical (unpaired) electrons. The van der Waals surface area contributed by atoms with Crippen LogP contribution in [0.15, 0.2) is 69.9 Å². The summed E-state index contributed by atoms with van der Waals surface area (Å²) in [5.74, 6) is -0.174. The van der Waals surface area contributed by atoms with Crippen LogP contribution in [-0.4, -0.2) is 69.5 Å². The van der Waals surface area contributed by atoms with Gasteiger partial charge in [0.15, 0.2) is 17.8 Å². The van der Waals surface area contributed by atoms with Gasteiger partial charge in [-0.05, 0) is 23.3 Å². The molecule has 0 amide bonds. The number of aliphatic hydroxyl groups is 1. The van der Waals surface area contributed by atoms with Gasteiger partial charge in [0, 0.05) is 28.8 Å². The minimum Gasteiger partial charge on any atom is -0.470 e. The summed E-state index contributed by atoms with van der Waals surface area (Å²) >= 11 is 0. The van der Waals surface area contributed by atoms with Gasteiger partial charge in [0.05, 0.1) is 34.0 Å². The van der Waals surface area contributed by atoms with Crippen LogP contribution in [0.1, 0.15) is 0 Å². The van der Waals surface area contributed by atoms with E-state index in [1.165, 1.54) is 18.2 Å². The zero-order valence-electron chi connectivity index (χ0n) is 20.9. The van der Waals surface area contributed by atoms with Gasteiger partial charge in [-0.3, -0.25) is 0 Å². The second kappa shape index (κ2) is 9.84. The Bertz CT molecular complexity index is 1680. The van der Waals surface area contributed by atoms with Crippen LogP contribution in [0.2, 0.25) is 0 Å². The molecule has 8 nitrogen and oxygen atoms in total. The standard InChI is InChI=1S/C27H23F4N3O5S/c1-40(36,34-27(29,30)31)17-8-6-15(7-9-17)14-2-4-16(5-3-14)24-18(28)10-19-20(33-24)11-23(32-19)39-22-13-38-25-21(35)12-37-26(22)25/h2-11,21-22,25-26,32,35H,12-13H2,1H3/t21-,22-,25-,26-,40?/m1/s1. The van der Waals surface area contributed by atoms with Crippen LogP contribution in [-0.2, 0) is 19.2 Å². The molecule has 0 saturated carbocycles. The van der Waals surface area contributed by atoms with Crippen molar-refractivity contribution in [2.75, 3.05) is 19.5 Å². The number of nitrogens with zero attached hydrogens (tertiary/aromatic N) is 2. The molecule has 1 unspecified atom stereocenters. The largest absolute Gasteiger partial charge is 0.511 e. The van der Waals surface area contributed by atoms with E-state index in [2.05, 4.69) is 14.3 Å². The number of hydrogen-bond donors (Lipinski definition) is 2. The number of pyridine rings is 1. The molecular weight excluding hydrogens is 554 g/mol. The van der Waals surface area contributed by atoms with Gasteiger partial charge in [-0.25, -0.2) is 13.6 Å². The summed E-state index contributed by atoms with van der Waals surface area (Å²) in [6.45, 7) is 0.435. The Labute approximate surface area is 226 Å². The minimum atomic E-state index is -4.90. The molecule has 0 aliphatic carbocycles. The molecule has 4 aromatic rings. The van der Waals surface area contributed by atoms with Crippen molar-refractivity contribution in [2.45, 2.75) is 35.6 Å². The number of alkyl halides is 3. The molecule has 0 bridgehead atoms. The summed E-state index contributed by atoms with van der Waals surface area (Å²) in [6, 6.07) is 15.6. The van der Waals surface area contributed by atoms with Gasteiger partial charge in [-0.1, -0.05) is 36.4 Å². The van der Waals surface area contributed by atoms with Gasteiger partial charge in [-0.2, -0.15) is 0 Å². The van der Waals surface area contributed by atoms with Crippen LogP contribution in [0.4, 0.5) is 17.6 Å². The van der Waals surface area contributed by atoms with Crippen LogP contribution in [0.5, 0.6) is 5.88 Å². The van der Waals surface area contributed by atoms with Crippen molar-refractivity contribution >= 4 is 20.8 Å². The fourth-order valence-electron chi connectivity index (χ4n) is 4.95. The lowest BCUT2D eigenvalue weighted by molar-refractivity contribution is -0.117. The van der Waals surface area contributed by atoms with Crippen LogP contribution >= 0.6 is 0 Å². The number of H-pyrrole nitrogens is 1. The second-order valence-corrected chi connectivity index (χ2v) is 11.9. The van der Waals surface area contributed by atoms with Crippen molar-refractivity contribution in [1.29, 1.82) is 0 Å². The normalized spacial score (nSPS) is 24.1. The van der Waals surface area contributed by atoms with Crippen molar-refractivity contribution in [2.24, 2.45) is 4.36 Å². The lowest BCUT2D eigenvalue weighted by atomic mass is 10.0. The molecule has 6 rings (SSSR count). The van der Waals surface area contributed by atoms with Crippen molar-refractivity contribution < 1.29 is 41.1 Å². The van der Waals surface area contributed by atoms with E-state index in [1.807, 2.05) is 0 Å². The first-order valence-corrected chi connectivity index (χ1v) is 14.2. The summed E-state index contributed by atoms with van der Waals surface area (Å²) in [6.07, 6.45) is -5.91.